The Morgan fingerprint density at radius 1 is 1.28 bits per heavy atom. The summed E-state index contributed by atoms with van der Waals surface area (Å²) in [6.07, 6.45) is 0.260. The summed E-state index contributed by atoms with van der Waals surface area (Å²) in [5, 5.41) is 5.68. The van der Waals surface area contributed by atoms with Gasteiger partial charge in [-0.3, -0.25) is 4.79 Å². The number of rotatable bonds is 5. The number of anilines is 1. The lowest BCUT2D eigenvalue weighted by atomic mass is 10.2. The molecule has 1 aromatic heterocycles. The van der Waals surface area contributed by atoms with Crippen LogP contribution in [0, 0.1) is 6.92 Å². The first kappa shape index (κ1) is 17.6. The van der Waals surface area contributed by atoms with Crippen LogP contribution < -0.4 is 10.1 Å². The number of carbonyl (C=O) groups is 1. The highest BCUT2D eigenvalue weighted by Gasteiger charge is 2.11. The van der Waals surface area contributed by atoms with Crippen LogP contribution in [0.1, 0.15) is 10.6 Å². The van der Waals surface area contributed by atoms with Crippen molar-refractivity contribution in [3.8, 4) is 17.0 Å². The Bertz CT molecular complexity index is 908. The summed E-state index contributed by atoms with van der Waals surface area (Å²) in [6.45, 7) is 1.97. The molecule has 0 radical (unpaired) electrons. The van der Waals surface area contributed by atoms with Crippen molar-refractivity contribution in [3.05, 3.63) is 62.9 Å². The first-order valence-electron chi connectivity index (χ1n) is 7.70. The zero-order chi connectivity index (χ0) is 17.8. The number of hydrogen-bond acceptors (Lipinski definition) is 4. The fourth-order valence-corrected chi connectivity index (χ4v) is 3.74. The molecule has 0 bridgehead atoms. The van der Waals surface area contributed by atoms with E-state index < -0.39 is 0 Å². The summed E-state index contributed by atoms with van der Waals surface area (Å²) >= 11 is 4.97. The molecule has 1 N–H and O–H groups in total. The normalized spacial score (nSPS) is 10.5. The molecule has 0 atom stereocenters. The average molecular weight is 417 g/mol. The highest BCUT2D eigenvalue weighted by atomic mass is 79.9. The van der Waals surface area contributed by atoms with Crippen LogP contribution in [0.2, 0.25) is 0 Å². The molecule has 6 heteroatoms. The maximum absolute atomic E-state index is 12.2. The number of methoxy groups -OCH3 is 1. The molecule has 0 saturated heterocycles. The number of halogens is 1. The third-order valence-corrected chi connectivity index (χ3v) is 5.20. The number of nitrogens with zero attached hydrogens (tertiary/aromatic N) is 1. The molecule has 0 unspecified atom stereocenters. The second-order valence-corrected chi connectivity index (χ2v) is 7.31. The minimum absolute atomic E-state index is 0.0638. The van der Waals surface area contributed by atoms with Crippen LogP contribution in [0.5, 0.6) is 5.75 Å². The molecule has 0 fully saturated rings. The first-order chi connectivity index (χ1) is 12.1. The number of hydrogen-bond donors (Lipinski definition) is 1. The number of ether oxygens (including phenoxy) is 1. The van der Waals surface area contributed by atoms with Gasteiger partial charge in [-0.2, -0.15) is 0 Å². The number of amides is 1. The topological polar surface area (TPSA) is 51.2 Å². The van der Waals surface area contributed by atoms with E-state index in [0.717, 1.165) is 37.7 Å². The summed E-state index contributed by atoms with van der Waals surface area (Å²) in [5.41, 5.74) is 3.71. The van der Waals surface area contributed by atoms with Gasteiger partial charge in [0.1, 0.15) is 10.8 Å². The molecular weight excluding hydrogens is 400 g/mol. The predicted molar refractivity (Wildman–Crippen MR) is 105 cm³/mol. The van der Waals surface area contributed by atoms with Gasteiger partial charge in [0.15, 0.2) is 0 Å². The van der Waals surface area contributed by atoms with Gasteiger partial charge in [-0.1, -0.05) is 18.2 Å². The van der Waals surface area contributed by atoms with Crippen molar-refractivity contribution in [2.45, 2.75) is 13.3 Å². The maximum atomic E-state index is 12.2. The molecule has 4 nitrogen and oxygen atoms in total. The highest BCUT2D eigenvalue weighted by Crippen LogP contribution is 2.31. The second-order valence-electron chi connectivity index (χ2n) is 5.52. The van der Waals surface area contributed by atoms with Gasteiger partial charge in [0.05, 0.1) is 23.7 Å². The van der Waals surface area contributed by atoms with E-state index in [1.54, 1.807) is 7.11 Å². The number of nitrogens with one attached hydrogen (secondary N) is 1. The smallest absolute Gasteiger partial charge is 0.231 e. The first-order valence-corrected chi connectivity index (χ1v) is 9.38. The van der Waals surface area contributed by atoms with Crippen LogP contribution >= 0.6 is 27.3 Å². The lowest BCUT2D eigenvalue weighted by molar-refractivity contribution is -0.115. The van der Waals surface area contributed by atoms with Gasteiger partial charge in [0.2, 0.25) is 5.91 Å². The van der Waals surface area contributed by atoms with Crippen LogP contribution in [0.4, 0.5) is 5.69 Å². The van der Waals surface area contributed by atoms with Crippen molar-refractivity contribution in [3.63, 3.8) is 0 Å². The number of aryl methyl sites for hydroxylation is 1. The monoisotopic (exact) mass is 416 g/mol. The van der Waals surface area contributed by atoms with Crippen molar-refractivity contribution in [2.24, 2.45) is 0 Å². The van der Waals surface area contributed by atoms with Gasteiger partial charge in [-0.05, 0) is 52.7 Å². The Balaban J connectivity index is 1.70. The zero-order valence-electron chi connectivity index (χ0n) is 13.9. The zero-order valence-corrected chi connectivity index (χ0v) is 16.3. The van der Waals surface area contributed by atoms with Gasteiger partial charge in [0, 0.05) is 16.6 Å². The van der Waals surface area contributed by atoms with E-state index in [-0.39, 0.29) is 12.3 Å². The summed E-state index contributed by atoms with van der Waals surface area (Å²) < 4.78 is 6.12. The minimum atomic E-state index is -0.0638. The van der Waals surface area contributed by atoms with Gasteiger partial charge in [-0.15, -0.1) is 11.3 Å². The molecule has 0 aliphatic carbocycles. The molecular formula is C19H17BrN2O2S. The Kier molecular flexibility index (Phi) is 5.50. The molecule has 1 amide bonds. The Morgan fingerprint density at radius 3 is 2.80 bits per heavy atom. The standard InChI is InChI=1S/C19H17BrN2O2S/c1-12-5-3-4-6-15(12)21-18(23)10-19-22-16(11-25-19)13-7-8-17(24-2)14(20)9-13/h3-9,11H,10H2,1-2H3,(H,21,23). The largest absolute Gasteiger partial charge is 0.496 e. The molecule has 3 rings (SSSR count). The van der Waals surface area contributed by atoms with Gasteiger partial charge < -0.3 is 10.1 Å². The van der Waals surface area contributed by atoms with Crippen molar-refractivity contribution in [2.75, 3.05) is 12.4 Å². The van der Waals surface area contributed by atoms with Gasteiger partial charge in [-0.25, -0.2) is 4.98 Å². The Labute approximate surface area is 159 Å². The molecule has 3 aromatic rings. The fraction of sp³-hybridized carbons (Fsp3) is 0.158. The summed E-state index contributed by atoms with van der Waals surface area (Å²) in [4.78, 5) is 16.8. The number of carbonyl (C=O) groups excluding carboxylic acids is 1. The van der Waals surface area contributed by atoms with Crippen LogP contribution in [0.15, 0.2) is 52.3 Å². The molecule has 0 spiro atoms. The Morgan fingerprint density at radius 2 is 2.08 bits per heavy atom. The van der Waals surface area contributed by atoms with Gasteiger partial charge in [0.25, 0.3) is 0 Å². The molecule has 25 heavy (non-hydrogen) atoms. The number of aromatic nitrogens is 1. The van der Waals surface area contributed by atoms with Crippen molar-refractivity contribution < 1.29 is 9.53 Å². The van der Waals surface area contributed by atoms with Gasteiger partial charge >= 0.3 is 0 Å². The predicted octanol–water partition coefficient (Wildman–Crippen LogP) is 5.07. The van der Waals surface area contributed by atoms with Crippen LogP contribution in [0.3, 0.4) is 0 Å². The lowest BCUT2D eigenvalue weighted by Crippen LogP contribution is -2.14. The average Bonchev–Trinajstić information content (AvgIpc) is 3.05. The second kappa shape index (κ2) is 7.80. The maximum Gasteiger partial charge on any atom is 0.231 e. The molecule has 0 saturated carbocycles. The van der Waals surface area contributed by atoms with Crippen molar-refractivity contribution >= 4 is 38.9 Å². The van der Waals surface area contributed by atoms with E-state index in [1.807, 2.05) is 54.8 Å². The molecule has 2 aromatic carbocycles. The number of thiazole rings is 1. The minimum Gasteiger partial charge on any atom is -0.496 e. The van der Waals surface area contributed by atoms with Crippen molar-refractivity contribution in [1.82, 2.24) is 4.98 Å². The van der Waals surface area contributed by atoms with Crippen LogP contribution in [-0.4, -0.2) is 18.0 Å². The number of benzene rings is 2. The SMILES string of the molecule is COc1ccc(-c2csc(CC(=O)Nc3ccccc3C)n2)cc1Br. The summed E-state index contributed by atoms with van der Waals surface area (Å²) in [6, 6.07) is 13.5. The summed E-state index contributed by atoms with van der Waals surface area (Å²) in [7, 11) is 1.63. The molecule has 128 valence electrons. The van der Waals surface area contributed by atoms with Crippen LogP contribution in [0.25, 0.3) is 11.3 Å². The van der Waals surface area contributed by atoms with Crippen molar-refractivity contribution in [1.29, 1.82) is 0 Å². The van der Waals surface area contributed by atoms with Crippen LogP contribution in [-0.2, 0) is 11.2 Å². The van der Waals surface area contributed by atoms with E-state index in [4.69, 9.17) is 4.74 Å². The number of para-hydroxylation sites is 1. The van der Waals surface area contributed by atoms with E-state index in [0.29, 0.717) is 0 Å². The molecule has 0 aliphatic rings. The van der Waals surface area contributed by atoms with E-state index >= 15 is 0 Å². The molecule has 1 heterocycles. The Hall–Kier alpha value is -2.18. The summed E-state index contributed by atoms with van der Waals surface area (Å²) in [5.74, 6) is 0.711. The van der Waals surface area contributed by atoms with E-state index in [9.17, 15) is 4.79 Å². The third-order valence-electron chi connectivity index (χ3n) is 3.73. The third kappa shape index (κ3) is 4.27. The molecule has 0 aliphatic heterocycles. The lowest BCUT2D eigenvalue weighted by Gasteiger charge is -2.06. The fourth-order valence-electron chi connectivity index (χ4n) is 2.40. The highest BCUT2D eigenvalue weighted by molar-refractivity contribution is 9.10. The van der Waals surface area contributed by atoms with E-state index in [1.165, 1.54) is 11.3 Å². The quantitative estimate of drug-likeness (QED) is 0.631. The van der Waals surface area contributed by atoms with E-state index in [2.05, 4.69) is 26.2 Å².